The molecule has 0 aliphatic heterocycles. The minimum Gasteiger partial charge on any atom is -0.493 e. The van der Waals surface area contributed by atoms with Gasteiger partial charge in [-0.15, -0.1) is 5.10 Å². The number of hydrogen-bond donors (Lipinski definition) is 0. The first kappa shape index (κ1) is 22.2. The van der Waals surface area contributed by atoms with Gasteiger partial charge in [-0.2, -0.15) is 0 Å². The van der Waals surface area contributed by atoms with Crippen LogP contribution in [0.25, 0.3) is 16.4 Å². The van der Waals surface area contributed by atoms with Gasteiger partial charge in [0, 0.05) is 35.3 Å². The smallest absolute Gasteiger partial charge is 0.227 e. The van der Waals surface area contributed by atoms with Gasteiger partial charge in [-0.25, -0.2) is 12.9 Å². The van der Waals surface area contributed by atoms with Gasteiger partial charge < -0.3 is 14.4 Å². The fraction of sp³-hybridized carbons (Fsp3) is 0.273. The van der Waals surface area contributed by atoms with E-state index in [2.05, 4.69) is 15.2 Å². The number of nitrogens with zero attached hydrogens (tertiary/aromatic N) is 4. The third-order valence-electron chi connectivity index (χ3n) is 5.43. The fourth-order valence-electron chi connectivity index (χ4n) is 3.77. The van der Waals surface area contributed by atoms with Crippen LogP contribution >= 0.6 is 11.6 Å². The number of benzene rings is 2. The van der Waals surface area contributed by atoms with Gasteiger partial charge >= 0.3 is 0 Å². The van der Waals surface area contributed by atoms with Crippen LogP contribution in [0.5, 0.6) is 11.5 Å². The van der Waals surface area contributed by atoms with Crippen LogP contribution < -0.4 is 14.4 Å². The quantitative estimate of drug-likeness (QED) is 0.396. The molecule has 8 nitrogen and oxygen atoms in total. The molecule has 4 rings (SSSR count). The first-order valence-electron chi connectivity index (χ1n) is 10.0. The molecule has 4 aromatic rings. The van der Waals surface area contributed by atoms with E-state index in [1.807, 2.05) is 26.0 Å². The second kappa shape index (κ2) is 8.48. The lowest BCUT2D eigenvalue weighted by Crippen LogP contribution is -2.22. The number of aromatic nitrogens is 3. The highest BCUT2D eigenvalue weighted by Gasteiger charge is 2.27. The van der Waals surface area contributed by atoms with Crippen molar-refractivity contribution in [2.75, 3.05) is 32.2 Å². The Hall–Kier alpha value is -3.04. The summed E-state index contributed by atoms with van der Waals surface area (Å²) < 4.78 is 39.2. The van der Waals surface area contributed by atoms with Gasteiger partial charge in [0.05, 0.1) is 24.6 Å². The lowest BCUT2D eigenvalue weighted by atomic mass is 10.1. The van der Waals surface area contributed by atoms with Crippen molar-refractivity contribution in [3.63, 3.8) is 0 Å². The van der Waals surface area contributed by atoms with Crippen molar-refractivity contribution in [3.8, 4) is 11.5 Å². The lowest BCUT2D eigenvalue weighted by Gasteiger charge is -2.24. The number of anilines is 1. The van der Waals surface area contributed by atoms with Gasteiger partial charge in [-0.05, 0) is 50.2 Å². The Morgan fingerprint density at radius 2 is 1.59 bits per heavy atom. The van der Waals surface area contributed by atoms with Crippen LogP contribution in [-0.2, 0) is 9.84 Å². The highest BCUT2D eigenvalue weighted by molar-refractivity contribution is 7.91. The summed E-state index contributed by atoms with van der Waals surface area (Å²) in [5, 5.41) is 9.43. The number of fused-ring (bicyclic) bond motifs is 3. The number of pyridine rings is 1. The molecule has 2 aromatic carbocycles. The van der Waals surface area contributed by atoms with E-state index in [9.17, 15) is 8.42 Å². The van der Waals surface area contributed by atoms with E-state index in [-0.39, 0.29) is 9.92 Å². The van der Waals surface area contributed by atoms with Gasteiger partial charge in [-0.3, -0.25) is 0 Å². The third kappa shape index (κ3) is 3.51. The Labute approximate surface area is 191 Å². The molecule has 2 heterocycles. The zero-order valence-corrected chi connectivity index (χ0v) is 19.7. The summed E-state index contributed by atoms with van der Waals surface area (Å²) in [5.74, 6) is 1.08. The summed E-state index contributed by atoms with van der Waals surface area (Å²) in [5.41, 5.74) is 1.89. The SMILES string of the molecule is CCN(CC)c1cc2c(S(=O)(=O)c3ccc(Cl)cc3)nnn2c2cc(OC)c(OC)cc12. The zero-order valence-electron chi connectivity index (χ0n) is 18.2. The number of rotatable bonds is 7. The van der Waals surface area contributed by atoms with E-state index in [0.29, 0.717) is 27.6 Å². The Morgan fingerprint density at radius 3 is 2.19 bits per heavy atom. The van der Waals surface area contributed by atoms with E-state index in [1.54, 1.807) is 20.3 Å². The molecule has 0 saturated heterocycles. The molecule has 0 amide bonds. The zero-order chi connectivity index (χ0) is 23.0. The van der Waals surface area contributed by atoms with Gasteiger partial charge in [0.2, 0.25) is 14.9 Å². The second-order valence-electron chi connectivity index (χ2n) is 7.08. The molecule has 32 heavy (non-hydrogen) atoms. The Kier molecular flexibility index (Phi) is 5.87. The van der Waals surface area contributed by atoms with Crippen LogP contribution in [0.4, 0.5) is 5.69 Å². The normalized spacial score (nSPS) is 11.8. The van der Waals surface area contributed by atoms with Gasteiger partial charge in [0.1, 0.15) is 5.52 Å². The summed E-state index contributed by atoms with van der Waals surface area (Å²) in [6, 6.07) is 11.5. The number of methoxy groups -OCH3 is 2. The van der Waals surface area contributed by atoms with E-state index in [0.717, 1.165) is 24.2 Å². The van der Waals surface area contributed by atoms with Crippen molar-refractivity contribution in [1.82, 2.24) is 14.8 Å². The number of sulfone groups is 1. The van der Waals surface area contributed by atoms with E-state index in [4.69, 9.17) is 21.1 Å². The van der Waals surface area contributed by atoms with Gasteiger partial charge in [0.25, 0.3) is 0 Å². The van der Waals surface area contributed by atoms with Crippen LogP contribution in [0.3, 0.4) is 0 Å². The molecule has 0 aliphatic carbocycles. The number of hydrogen-bond acceptors (Lipinski definition) is 7. The van der Waals surface area contributed by atoms with Crippen molar-refractivity contribution in [3.05, 3.63) is 47.5 Å². The Balaban J connectivity index is 2.08. The molecule has 10 heteroatoms. The number of halogens is 1. The average Bonchev–Trinajstić information content (AvgIpc) is 3.24. The van der Waals surface area contributed by atoms with Gasteiger partial charge in [-0.1, -0.05) is 16.8 Å². The summed E-state index contributed by atoms with van der Waals surface area (Å²) in [4.78, 5) is 2.24. The standard InChI is InChI=1S/C22H23ClN4O4S/c1-5-26(6-2)17-12-19-22(32(28,29)15-9-7-14(23)8-10-15)24-25-27(19)18-13-21(31-4)20(30-3)11-16(17)18/h7-13H,5-6H2,1-4H3. The van der Waals surface area contributed by atoms with E-state index in [1.165, 1.54) is 28.8 Å². The fourth-order valence-corrected chi connectivity index (χ4v) is 5.18. The lowest BCUT2D eigenvalue weighted by molar-refractivity contribution is 0.355. The number of ether oxygens (including phenoxy) is 2. The van der Waals surface area contributed by atoms with Crippen LogP contribution in [0.2, 0.25) is 5.02 Å². The first-order chi connectivity index (χ1) is 15.3. The van der Waals surface area contributed by atoms with Crippen LogP contribution in [-0.4, -0.2) is 50.6 Å². The molecule has 0 radical (unpaired) electrons. The molecule has 2 aromatic heterocycles. The molecule has 0 atom stereocenters. The summed E-state index contributed by atoms with van der Waals surface area (Å²) >= 11 is 5.93. The molecule has 0 saturated carbocycles. The van der Waals surface area contributed by atoms with Crippen LogP contribution in [0.1, 0.15) is 13.8 Å². The molecular weight excluding hydrogens is 452 g/mol. The van der Waals surface area contributed by atoms with Crippen LogP contribution in [0, 0.1) is 0 Å². The maximum atomic E-state index is 13.4. The van der Waals surface area contributed by atoms with Crippen molar-refractivity contribution >= 4 is 43.5 Å². The van der Waals surface area contributed by atoms with Crippen molar-refractivity contribution in [1.29, 1.82) is 0 Å². The van der Waals surface area contributed by atoms with Crippen LogP contribution in [0.15, 0.2) is 52.4 Å². The molecule has 0 N–H and O–H groups in total. The molecule has 168 valence electrons. The van der Waals surface area contributed by atoms with E-state index >= 15 is 0 Å². The third-order valence-corrected chi connectivity index (χ3v) is 7.38. The molecule has 0 bridgehead atoms. The summed E-state index contributed by atoms with van der Waals surface area (Å²) in [6.45, 7) is 5.55. The first-order valence-corrected chi connectivity index (χ1v) is 11.9. The second-order valence-corrected chi connectivity index (χ2v) is 9.38. The summed E-state index contributed by atoms with van der Waals surface area (Å²) in [7, 11) is -0.796. The van der Waals surface area contributed by atoms with Gasteiger partial charge in [0.15, 0.2) is 11.5 Å². The summed E-state index contributed by atoms with van der Waals surface area (Å²) in [6.07, 6.45) is 0. The highest BCUT2D eigenvalue weighted by Crippen LogP contribution is 2.38. The minimum absolute atomic E-state index is 0.0982. The molecule has 0 fully saturated rings. The maximum Gasteiger partial charge on any atom is 0.227 e. The topological polar surface area (TPSA) is 86.0 Å². The molecule has 0 aliphatic rings. The average molecular weight is 475 g/mol. The van der Waals surface area contributed by atoms with Crippen molar-refractivity contribution in [2.45, 2.75) is 23.8 Å². The molecular formula is C22H23ClN4O4S. The largest absolute Gasteiger partial charge is 0.493 e. The Bertz CT molecular complexity index is 1400. The van der Waals surface area contributed by atoms with Crippen molar-refractivity contribution < 1.29 is 17.9 Å². The highest BCUT2D eigenvalue weighted by atomic mass is 35.5. The van der Waals surface area contributed by atoms with E-state index < -0.39 is 9.84 Å². The Morgan fingerprint density at radius 1 is 0.969 bits per heavy atom. The maximum absolute atomic E-state index is 13.4. The predicted molar refractivity (Wildman–Crippen MR) is 124 cm³/mol. The van der Waals surface area contributed by atoms with Crippen molar-refractivity contribution in [2.24, 2.45) is 0 Å². The minimum atomic E-state index is -3.92. The molecule has 0 unspecified atom stereocenters. The predicted octanol–water partition coefficient (Wildman–Crippen LogP) is 4.23. The molecule has 0 spiro atoms. The monoisotopic (exact) mass is 474 g/mol.